The standard InChI is InChI=1S/C20H19N3O2S/c1-25-18-10-6-5-9-16(18)17(24)13-26-20-22-21-19(14-11-12-14)23(20)15-7-3-2-4-8-15/h2-10,14H,11-13H2,1H3. The van der Waals surface area contributed by atoms with Crippen LogP contribution in [0.3, 0.4) is 0 Å². The molecule has 1 aliphatic rings. The molecule has 0 bridgehead atoms. The number of hydrogen-bond donors (Lipinski definition) is 0. The van der Waals surface area contributed by atoms with Gasteiger partial charge in [-0.05, 0) is 37.1 Å². The van der Waals surface area contributed by atoms with Crippen molar-refractivity contribution in [2.24, 2.45) is 0 Å². The monoisotopic (exact) mass is 365 g/mol. The van der Waals surface area contributed by atoms with Crippen molar-refractivity contribution in [3.8, 4) is 11.4 Å². The van der Waals surface area contributed by atoms with E-state index in [-0.39, 0.29) is 11.5 Å². The summed E-state index contributed by atoms with van der Waals surface area (Å²) in [6, 6.07) is 17.4. The molecule has 1 saturated carbocycles. The highest BCUT2D eigenvalue weighted by molar-refractivity contribution is 7.99. The normalized spacial score (nSPS) is 13.6. The Kier molecular flexibility index (Phi) is 4.75. The van der Waals surface area contributed by atoms with Gasteiger partial charge in [-0.3, -0.25) is 9.36 Å². The third-order valence-corrected chi connectivity index (χ3v) is 5.28. The quantitative estimate of drug-likeness (QED) is 0.465. The van der Waals surface area contributed by atoms with Gasteiger partial charge in [0.15, 0.2) is 10.9 Å². The van der Waals surface area contributed by atoms with Gasteiger partial charge in [0.2, 0.25) is 0 Å². The minimum Gasteiger partial charge on any atom is -0.496 e. The Labute approximate surface area is 156 Å². The summed E-state index contributed by atoms with van der Waals surface area (Å²) in [4.78, 5) is 12.6. The number of carbonyl (C=O) groups is 1. The van der Waals surface area contributed by atoms with Crippen LogP contribution in [0.2, 0.25) is 0 Å². The van der Waals surface area contributed by atoms with E-state index >= 15 is 0 Å². The van der Waals surface area contributed by atoms with Gasteiger partial charge in [0.05, 0.1) is 18.4 Å². The highest BCUT2D eigenvalue weighted by Crippen LogP contribution is 2.41. The van der Waals surface area contributed by atoms with Gasteiger partial charge in [0, 0.05) is 11.6 Å². The fourth-order valence-electron chi connectivity index (χ4n) is 2.88. The van der Waals surface area contributed by atoms with E-state index in [0.717, 1.165) is 29.5 Å². The van der Waals surface area contributed by atoms with Crippen LogP contribution >= 0.6 is 11.8 Å². The second-order valence-electron chi connectivity index (χ2n) is 6.20. The molecule has 0 aliphatic heterocycles. The summed E-state index contributed by atoms with van der Waals surface area (Å²) in [6.07, 6.45) is 2.30. The minimum absolute atomic E-state index is 0.0167. The van der Waals surface area contributed by atoms with Crippen molar-refractivity contribution >= 4 is 17.5 Å². The number of benzene rings is 2. The predicted molar refractivity (Wildman–Crippen MR) is 101 cm³/mol. The Morgan fingerprint density at radius 1 is 1.12 bits per heavy atom. The second kappa shape index (κ2) is 7.33. The maximum absolute atomic E-state index is 12.6. The largest absolute Gasteiger partial charge is 0.496 e. The third kappa shape index (κ3) is 3.37. The first-order valence-corrected chi connectivity index (χ1v) is 9.56. The number of carbonyl (C=O) groups excluding carboxylic acids is 1. The van der Waals surface area contributed by atoms with E-state index in [1.807, 2.05) is 42.5 Å². The summed E-state index contributed by atoms with van der Waals surface area (Å²) in [6.45, 7) is 0. The van der Waals surface area contributed by atoms with E-state index < -0.39 is 0 Å². The first-order valence-electron chi connectivity index (χ1n) is 8.57. The number of aromatic nitrogens is 3. The molecule has 0 spiro atoms. The molecule has 1 fully saturated rings. The molecule has 1 aliphatic carbocycles. The van der Waals surface area contributed by atoms with Gasteiger partial charge >= 0.3 is 0 Å². The van der Waals surface area contributed by atoms with E-state index in [1.165, 1.54) is 11.8 Å². The Morgan fingerprint density at radius 2 is 1.85 bits per heavy atom. The summed E-state index contributed by atoms with van der Waals surface area (Å²) in [7, 11) is 1.58. The molecule has 0 saturated heterocycles. The van der Waals surface area contributed by atoms with Gasteiger partial charge in [-0.2, -0.15) is 0 Å². The molecular weight excluding hydrogens is 346 g/mol. The van der Waals surface area contributed by atoms with E-state index in [2.05, 4.69) is 14.8 Å². The van der Waals surface area contributed by atoms with Crippen LogP contribution in [-0.2, 0) is 0 Å². The van der Waals surface area contributed by atoms with Crippen LogP contribution in [0.5, 0.6) is 5.75 Å². The lowest BCUT2D eigenvalue weighted by Gasteiger charge is -2.10. The Bertz CT molecular complexity index is 920. The van der Waals surface area contributed by atoms with E-state index in [1.54, 1.807) is 19.2 Å². The van der Waals surface area contributed by atoms with Crippen LogP contribution in [0.15, 0.2) is 59.8 Å². The summed E-state index contributed by atoms with van der Waals surface area (Å²) in [5, 5.41) is 9.50. The van der Waals surface area contributed by atoms with Crippen molar-refractivity contribution in [3.63, 3.8) is 0 Å². The topological polar surface area (TPSA) is 57.0 Å². The molecule has 4 rings (SSSR count). The average molecular weight is 365 g/mol. The van der Waals surface area contributed by atoms with Crippen LogP contribution < -0.4 is 4.74 Å². The number of hydrogen-bond acceptors (Lipinski definition) is 5. The number of rotatable bonds is 7. The van der Waals surface area contributed by atoms with Crippen LogP contribution in [0, 0.1) is 0 Å². The van der Waals surface area contributed by atoms with Gasteiger partial charge in [-0.1, -0.05) is 42.1 Å². The lowest BCUT2D eigenvalue weighted by atomic mass is 10.1. The molecule has 0 N–H and O–H groups in total. The molecule has 1 aromatic heterocycles. The predicted octanol–water partition coefficient (Wildman–Crippen LogP) is 4.13. The number of thioether (sulfide) groups is 1. The van der Waals surface area contributed by atoms with E-state index in [0.29, 0.717) is 17.2 Å². The van der Waals surface area contributed by atoms with Crippen LogP contribution in [0.25, 0.3) is 5.69 Å². The van der Waals surface area contributed by atoms with Gasteiger partial charge < -0.3 is 4.74 Å². The molecule has 0 unspecified atom stereocenters. The van der Waals surface area contributed by atoms with Crippen LogP contribution in [-0.4, -0.2) is 33.4 Å². The Balaban J connectivity index is 1.58. The molecule has 5 nitrogen and oxygen atoms in total. The number of Topliss-reactive ketones (excluding diaryl/α,β-unsaturated/α-hetero) is 1. The zero-order valence-electron chi connectivity index (χ0n) is 14.5. The average Bonchev–Trinajstić information content (AvgIpc) is 3.46. The highest BCUT2D eigenvalue weighted by Gasteiger charge is 2.31. The summed E-state index contributed by atoms with van der Waals surface area (Å²) < 4.78 is 7.37. The summed E-state index contributed by atoms with van der Waals surface area (Å²) >= 11 is 1.41. The van der Waals surface area contributed by atoms with E-state index in [4.69, 9.17) is 4.74 Å². The maximum Gasteiger partial charge on any atom is 0.196 e. The van der Waals surface area contributed by atoms with Gasteiger partial charge in [0.1, 0.15) is 11.6 Å². The van der Waals surface area contributed by atoms with Crippen molar-refractivity contribution in [2.45, 2.75) is 23.9 Å². The third-order valence-electron chi connectivity index (χ3n) is 4.36. The SMILES string of the molecule is COc1ccccc1C(=O)CSc1nnc(C2CC2)n1-c1ccccc1. The summed E-state index contributed by atoms with van der Waals surface area (Å²) in [5.74, 6) is 2.37. The number of ketones is 1. The molecule has 2 aromatic carbocycles. The first-order chi connectivity index (χ1) is 12.8. The van der Waals surface area contributed by atoms with Gasteiger partial charge in [-0.15, -0.1) is 10.2 Å². The lowest BCUT2D eigenvalue weighted by Crippen LogP contribution is -2.07. The fourth-order valence-corrected chi connectivity index (χ4v) is 3.73. The zero-order valence-corrected chi connectivity index (χ0v) is 15.3. The molecule has 1 heterocycles. The van der Waals surface area contributed by atoms with Crippen molar-refractivity contribution in [2.75, 3.05) is 12.9 Å². The van der Waals surface area contributed by atoms with Crippen molar-refractivity contribution in [1.82, 2.24) is 14.8 Å². The van der Waals surface area contributed by atoms with Crippen LogP contribution in [0.1, 0.15) is 34.9 Å². The summed E-state index contributed by atoms with van der Waals surface area (Å²) in [5.41, 5.74) is 1.63. The molecule has 6 heteroatoms. The number of nitrogens with zero attached hydrogens (tertiary/aromatic N) is 3. The first kappa shape index (κ1) is 16.8. The molecule has 26 heavy (non-hydrogen) atoms. The maximum atomic E-state index is 12.6. The van der Waals surface area contributed by atoms with Crippen LogP contribution in [0.4, 0.5) is 0 Å². The Morgan fingerprint density at radius 3 is 2.58 bits per heavy atom. The van der Waals surface area contributed by atoms with Crippen molar-refractivity contribution in [3.05, 3.63) is 66.0 Å². The van der Waals surface area contributed by atoms with E-state index in [9.17, 15) is 4.79 Å². The van der Waals surface area contributed by atoms with Crippen molar-refractivity contribution in [1.29, 1.82) is 0 Å². The minimum atomic E-state index is 0.0167. The number of methoxy groups -OCH3 is 1. The van der Waals surface area contributed by atoms with Gasteiger partial charge in [0.25, 0.3) is 0 Å². The second-order valence-corrected chi connectivity index (χ2v) is 7.14. The number of ether oxygens (including phenoxy) is 1. The smallest absolute Gasteiger partial charge is 0.196 e. The molecule has 0 atom stereocenters. The fraction of sp³-hybridized carbons (Fsp3) is 0.250. The molecule has 0 radical (unpaired) electrons. The zero-order chi connectivity index (χ0) is 17.9. The molecule has 3 aromatic rings. The molecule has 0 amide bonds. The highest BCUT2D eigenvalue weighted by atomic mass is 32.2. The Hall–Kier alpha value is -2.60. The van der Waals surface area contributed by atoms with Crippen molar-refractivity contribution < 1.29 is 9.53 Å². The van der Waals surface area contributed by atoms with Gasteiger partial charge in [-0.25, -0.2) is 0 Å². The lowest BCUT2D eigenvalue weighted by molar-refractivity contribution is 0.101. The molecular formula is C20H19N3O2S. The number of para-hydroxylation sites is 2. The molecule has 132 valence electrons.